The zero-order chi connectivity index (χ0) is 27.9. The molecule has 7 nitrogen and oxygen atoms in total. The van der Waals surface area contributed by atoms with Crippen molar-refractivity contribution >= 4 is 61.8 Å². The molecular weight excluding hydrogens is 589 g/mol. The van der Waals surface area contributed by atoms with Gasteiger partial charge in [-0.3, -0.25) is 0 Å². The van der Waals surface area contributed by atoms with Crippen LogP contribution in [0.1, 0.15) is 11.1 Å². The number of benzene rings is 4. The highest BCUT2D eigenvalue weighted by Crippen LogP contribution is 2.40. The highest BCUT2D eigenvalue weighted by atomic mass is 35.5. The zero-order valence-electron chi connectivity index (χ0n) is 21.0. The maximum atomic E-state index is 13.8. The summed E-state index contributed by atoms with van der Waals surface area (Å²) in [7, 11) is -4.11. The second-order valence-electron chi connectivity index (χ2n) is 9.02. The Morgan fingerprint density at radius 3 is 2.42 bits per heavy atom. The number of halogens is 2. The fourth-order valence-corrected chi connectivity index (χ4v) is 7.38. The van der Waals surface area contributed by atoms with E-state index in [9.17, 15) is 8.42 Å². The zero-order valence-corrected chi connectivity index (χ0v) is 24.2. The van der Waals surface area contributed by atoms with Crippen LogP contribution in [0.25, 0.3) is 22.2 Å². The number of fused-ring (bicyclic) bond motifs is 2. The van der Waals surface area contributed by atoms with Gasteiger partial charge in [-0.25, -0.2) is 23.1 Å². The molecule has 0 bridgehead atoms. The third-order valence-electron chi connectivity index (χ3n) is 6.32. The van der Waals surface area contributed by atoms with Gasteiger partial charge in [0.2, 0.25) is 12.7 Å². The Morgan fingerprint density at radius 1 is 0.900 bits per heavy atom. The van der Waals surface area contributed by atoms with Gasteiger partial charge in [-0.1, -0.05) is 71.7 Å². The average Bonchev–Trinajstić information content (AvgIpc) is 3.40. The number of aromatic nitrogens is 2. The number of hydrogen-bond donors (Lipinski definition) is 1. The van der Waals surface area contributed by atoms with E-state index in [2.05, 4.69) is 14.7 Å². The summed E-state index contributed by atoms with van der Waals surface area (Å²) in [5, 5.41) is 1.76. The average molecular weight is 611 g/mol. The van der Waals surface area contributed by atoms with Crippen molar-refractivity contribution in [3.63, 3.8) is 0 Å². The molecule has 0 fully saturated rings. The van der Waals surface area contributed by atoms with Gasteiger partial charge in [0.15, 0.2) is 11.5 Å². The Labute approximate surface area is 245 Å². The molecule has 0 atom stereocenters. The lowest BCUT2D eigenvalue weighted by atomic mass is 10.1. The van der Waals surface area contributed by atoms with Crippen LogP contribution in [0.3, 0.4) is 0 Å². The van der Waals surface area contributed by atoms with Crippen molar-refractivity contribution < 1.29 is 17.9 Å². The topological polar surface area (TPSA) is 90.4 Å². The Hall–Kier alpha value is -3.50. The Kier molecular flexibility index (Phi) is 7.22. The van der Waals surface area contributed by atoms with E-state index in [4.69, 9.17) is 32.7 Å². The van der Waals surface area contributed by atoms with E-state index >= 15 is 0 Å². The highest BCUT2D eigenvalue weighted by molar-refractivity contribution is 7.99. The molecule has 0 aliphatic carbocycles. The number of thioether (sulfide) groups is 1. The Bertz CT molecular complexity index is 1870. The van der Waals surface area contributed by atoms with E-state index in [1.807, 2.05) is 54.6 Å². The molecule has 5 aromatic rings. The Morgan fingerprint density at radius 2 is 1.62 bits per heavy atom. The molecule has 1 aromatic heterocycles. The van der Waals surface area contributed by atoms with Crippen LogP contribution in [0.15, 0.2) is 88.7 Å². The van der Waals surface area contributed by atoms with Crippen molar-refractivity contribution in [2.45, 2.75) is 22.5 Å². The SMILES string of the molecule is Cc1cc(S(=O)(=O)Nc2nc(-c3ccccc3)c3ccccc3n2)c(SCc2cc3c(cc2Cl)OCO3)cc1Cl. The van der Waals surface area contributed by atoms with Gasteiger partial charge in [-0.15, -0.1) is 11.8 Å². The molecule has 202 valence electrons. The first-order valence-electron chi connectivity index (χ1n) is 12.1. The first-order valence-corrected chi connectivity index (χ1v) is 15.4. The number of anilines is 1. The van der Waals surface area contributed by atoms with E-state index in [0.29, 0.717) is 49.0 Å². The van der Waals surface area contributed by atoms with Crippen LogP contribution in [0.4, 0.5) is 5.95 Å². The number of ether oxygens (including phenoxy) is 2. The Balaban J connectivity index is 1.36. The monoisotopic (exact) mass is 609 g/mol. The summed E-state index contributed by atoms with van der Waals surface area (Å²) in [5.74, 6) is 1.52. The molecule has 0 unspecified atom stereocenters. The molecule has 0 spiro atoms. The standard InChI is InChI=1S/C29H21Cl2N3O4S2/c1-17-11-27(26(14-21(17)30)39-15-19-12-24-25(13-22(19)31)38-16-37-24)40(35,36)34-29-32-23-10-6-5-9-20(23)28(33-29)18-7-3-2-4-8-18/h2-14H,15-16H2,1H3,(H,32,33,34). The van der Waals surface area contributed by atoms with Crippen molar-refractivity contribution in [2.75, 3.05) is 11.5 Å². The second kappa shape index (κ2) is 10.8. The molecule has 6 rings (SSSR count). The van der Waals surface area contributed by atoms with Gasteiger partial charge in [-0.05, 0) is 42.3 Å². The summed E-state index contributed by atoms with van der Waals surface area (Å²) in [6.07, 6.45) is 0. The lowest BCUT2D eigenvalue weighted by Crippen LogP contribution is -2.16. The minimum Gasteiger partial charge on any atom is -0.454 e. The third-order valence-corrected chi connectivity index (χ3v) is 9.68. The number of nitrogens with zero attached hydrogens (tertiary/aromatic N) is 2. The van der Waals surface area contributed by atoms with Crippen molar-refractivity contribution in [1.29, 1.82) is 0 Å². The van der Waals surface area contributed by atoms with Crippen LogP contribution in [-0.4, -0.2) is 25.2 Å². The maximum absolute atomic E-state index is 13.8. The molecule has 0 radical (unpaired) electrons. The van der Waals surface area contributed by atoms with Gasteiger partial charge in [0, 0.05) is 37.7 Å². The van der Waals surface area contributed by atoms with Gasteiger partial charge in [-0.2, -0.15) is 0 Å². The van der Waals surface area contributed by atoms with Crippen LogP contribution >= 0.6 is 35.0 Å². The highest BCUT2D eigenvalue weighted by Gasteiger charge is 2.24. The van der Waals surface area contributed by atoms with Crippen molar-refractivity contribution in [2.24, 2.45) is 0 Å². The fraction of sp³-hybridized carbons (Fsp3) is 0.103. The first-order chi connectivity index (χ1) is 19.3. The molecule has 40 heavy (non-hydrogen) atoms. The van der Waals surface area contributed by atoms with E-state index in [1.54, 1.807) is 31.2 Å². The van der Waals surface area contributed by atoms with E-state index < -0.39 is 10.0 Å². The van der Waals surface area contributed by atoms with Crippen LogP contribution in [0.5, 0.6) is 11.5 Å². The maximum Gasteiger partial charge on any atom is 0.265 e. The summed E-state index contributed by atoms with van der Waals surface area (Å²) in [6.45, 7) is 1.89. The number of aryl methyl sites for hydroxylation is 1. The third kappa shape index (κ3) is 5.30. The number of sulfonamides is 1. The van der Waals surface area contributed by atoms with Crippen molar-refractivity contribution in [1.82, 2.24) is 9.97 Å². The molecular formula is C29H21Cl2N3O4S2. The number of rotatable bonds is 7. The molecule has 1 N–H and O–H groups in total. The summed E-state index contributed by atoms with van der Waals surface area (Å²) >= 11 is 14.2. The second-order valence-corrected chi connectivity index (χ2v) is 12.5. The summed E-state index contributed by atoms with van der Waals surface area (Å²) in [5.41, 5.74) is 3.49. The lowest BCUT2D eigenvalue weighted by Gasteiger charge is -2.15. The first kappa shape index (κ1) is 26.7. The van der Waals surface area contributed by atoms with Crippen LogP contribution in [0, 0.1) is 6.92 Å². The summed E-state index contributed by atoms with van der Waals surface area (Å²) in [6, 6.07) is 23.7. The molecule has 0 saturated heterocycles. The molecule has 0 amide bonds. The van der Waals surface area contributed by atoms with Crippen LogP contribution in [-0.2, 0) is 15.8 Å². The minimum atomic E-state index is -4.11. The minimum absolute atomic E-state index is 0.0279. The van der Waals surface area contributed by atoms with E-state index in [0.717, 1.165) is 16.5 Å². The van der Waals surface area contributed by atoms with Crippen LogP contribution in [0.2, 0.25) is 10.0 Å². The predicted octanol–water partition coefficient (Wildman–Crippen LogP) is 7.73. The molecule has 1 aliphatic heterocycles. The molecule has 4 aromatic carbocycles. The van der Waals surface area contributed by atoms with Crippen LogP contribution < -0.4 is 14.2 Å². The van der Waals surface area contributed by atoms with E-state index in [-0.39, 0.29) is 17.6 Å². The van der Waals surface area contributed by atoms with Gasteiger partial charge >= 0.3 is 0 Å². The number of para-hydroxylation sites is 1. The quantitative estimate of drug-likeness (QED) is 0.189. The predicted molar refractivity (Wildman–Crippen MR) is 159 cm³/mol. The molecule has 1 aliphatic rings. The number of hydrogen-bond acceptors (Lipinski definition) is 7. The van der Waals surface area contributed by atoms with Crippen molar-refractivity contribution in [3.8, 4) is 22.8 Å². The van der Waals surface area contributed by atoms with Crippen molar-refractivity contribution in [3.05, 3.63) is 100 Å². The van der Waals surface area contributed by atoms with Gasteiger partial charge in [0.05, 0.1) is 11.2 Å². The number of nitrogens with one attached hydrogen (secondary N) is 1. The van der Waals surface area contributed by atoms with Gasteiger partial charge in [0.25, 0.3) is 10.0 Å². The molecule has 11 heteroatoms. The largest absolute Gasteiger partial charge is 0.454 e. The summed E-state index contributed by atoms with van der Waals surface area (Å²) in [4.78, 5) is 9.64. The fourth-order valence-electron chi connectivity index (χ4n) is 4.30. The summed E-state index contributed by atoms with van der Waals surface area (Å²) < 4.78 is 41.0. The lowest BCUT2D eigenvalue weighted by molar-refractivity contribution is 0.174. The smallest absolute Gasteiger partial charge is 0.265 e. The molecule has 2 heterocycles. The van der Waals surface area contributed by atoms with E-state index in [1.165, 1.54) is 11.8 Å². The van der Waals surface area contributed by atoms with Gasteiger partial charge < -0.3 is 9.47 Å². The normalized spacial score (nSPS) is 12.6. The van der Waals surface area contributed by atoms with Gasteiger partial charge in [0.1, 0.15) is 4.90 Å². The molecule has 0 saturated carbocycles.